The summed E-state index contributed by atoms with van der Waals surface area (Å²) in [4.78, 5) is 13.4. The summed E-state index contributed by atoms with van der Waals surface area (Å²) in [5, 5.41) is 10.2. The molecule has 4 rings (SSSR count). The van der Waals surface area contributed by atoms with Crippen LogP contribution in [0.25, 0.3) is 0 Å². The predicted octanol–water partition coefficient (Wildman–Crippen LogP) is 6.71. The molecule has 2 nitrogen and oxygen atoms in total. The number of rotatable bonds is 5. The Hall–Kier alpha value is -0.630. The van der Waals surface area contributed by atoms with E-state index in [1.54, 1.807) is 5.57 Å². The molecule has 0 aromatic heterocycles. The van der Waals surface area contributed by atoms with Gasteiger partial charge in [-0.25, -0.2) is 0 Å². The van der Waals surface area contributed by atoms with Gasteiger partial charge in [-0.05, 0) is 85.4 Å². The van der Waals surface area contributed by atoms with E-state index in [-0.39, 0.29) is 11.5 Å². The maximum atomic E-state index is 13.4. The average Bonchev–Trinajstić information content (AvgIpc) is 2.93. The van der Waals surface area contributed by atoms with E-state index in [4.69, 9.17) is 0 Å². The molecule has 7 atom stereocenters. The minimum absolute atomic E-state index is 0.0969. The van der Waals surface area contributed by atoms with Gasteiger partial charge >= 0.3 is 0 Å². The van der Waals surface area contributed by atoms with E-state index in [0.29, 0.717) is 34.9 Å². The van der Waals surface area contributed by atoms with E-state index in [1.165, 1.54) is 44.1 Å². The van der Waals surface area contributed by atoms with Crippen LogP contribution < -0.4 is 0 Å². The number of carbonyl (C=O) groups is 1. The van der Waals surface area contributed by atoms with Crippen molar-refractivity contribution in [1.82, 2.24) is 0 Å². The molecule has 29 heavy (non-hydrogen) atoms. The van der Waals surface area contributed by atoms with Crippen molar-refractivity contribution in [3.63, 3.8) is 0 Å². The molecule has 0 aliphatic heterocycles. The molecule has 0 spiro atoms. The number of hydrogen-bond acceptors (Lipinski definition) is 2. The first-order valence-corrected chi connectivity index (χ1v) is 12.6. The van der Waals surface area contributed by atoms with E-state index < -0.39 is 0 Å². The van der Waals surface area contributed by atoms with Crippen molar-refractivity contribution in [2.24, 2.45) is 40.4 Å². The smallest absolute Gasteiger partial charge is 0.159 e. The van der Waals surface area contributed by atoms with Gasteiger partial charge in [-0.15, -0.1) is 0 Å². The fraction of sp³-hybridized carbons (Fsp3) is 0.889. The van der Waals surface area contributed by atoms with E-state index in [1.807, 2.05) is 0 Å². The molecule has 0 amide bonds. The summed E-state index contributed by atoms with van der Waals surface area (Å²) in [5.41, 5.74) is 3.29. The normalized spacial score (nSPS) is 43.2. The first-order valence-electron chi connectivity index (χ1n) is 12.6. The van der Waals surface area contributed by atoms with Gasteiger partial charge < -0.3 is 5.11 Å². The molecule has 0 saturated heterocycles. The van der Waals surface area contributed by atoms with Crippen LogP contribution in [0, 0.1) is 40.4 Å². The zero-order chi connectivity index (χ0) is 21.0. The van der Waals surface area contributed by atoms with Gasteiger partial charge in [0.05, 0.1) is 6.10 Å². The third-order valence-electron chi connectivity index (χ3n) is 9.96. The minimum Gasteiger partial charge on any atom is -0.393 e. The second-order valence-corrected chi connectivity index (χ2v) is 12.1. The molecule has 4 aliphatic rings. The molecule has 0 heterocycles. The van der Waals surface area contributed by atoms with E-state index >= 15 is 0 Å². The topological polar surface area (TPSA) is 37.3 Å². The van der Waals surface area contributed by atoms with Crippen LogP contribution in [0.4, 0.5) is 0 Å². The molecule has 3 saturated carbocycles. The van der Waals surface area contributed by atoms with Crippen LogP contribution in [0.2, 0.25) is 0 Å². The van der Waals surface area contributed by atoms with Gasteiger partial charge in [0, 0.05) is 12.0 Å². The Balaban J connectivity index is 1.59. The highest BCUT2D eigenvalue weighted by Gasteiger charge is 2.57. The van der Waals surface area contributed by atoms with E-state index in [0.717, 1.165) is 38.0 Å². The maximum Gasteiger partial charge on any atom is 0.159 e. The zero-order valence-corrected chi connectivity index (χ0v) is 19.6. The lowest BCUT2D eigenvalue weighted by molar-refractivity contribution is -0.115. The summed E-state index contributed by atoms with van der Waals surface area (Å²) in [5.74, 6) is 3.70. The lowest BCUT2D eigenvalue weighted by Gasteiger charge is -2.56. The molecule has 4 aliphatic carbocycles. The van der Waals surface area contributed by atoms with Gasteiger partial charge in [-0.2, -0.15) is 0 Å². The van der Waals surface area contributed by atoms with Crippen molar-refractivity contribution in [3.05, 3.63) is 11.1 Å². The first kappa shape index (κ1) is 21.6. The molecule has 0 aromatic rings. The van der Waals surface area contributed by atoms with Gasteiger partial charge in [0.1, 0.15) is 0 Å². The van der Waals surface area contributed by atoms with Crippen molar-refractivity contribution in [3.8, 4) is 0 Å². The van der Waals surface area contributed by atoms with Gasteiger partial charge in [0.2, 0.25) is 0 Å². The maximum absolute atomic E-state index is 13.4. The fourth-order valence-corrected chi connectivity index (χ4v) is 8.22. The molecule has 164 valence electrons. The second-order valence-electron chi connectivity index (χ2n) is 12.1. The van der Waals surface area contributed by atoms with Gasteiger partial charge in [-0.1, -0.05) is 59.5 Å². The van der Waals surface area contributed by atoms with Crippen molar-refractivity contribution in [1.29, 1.82) is 0 Å². The number of aliphatic hydroxyl groups excluding tert-OH is 1. The fourth-order valence-electron chi connectivity index (χ4n) is 8.22. The summed E-state index contributed by atoms with van der Waals surface area (Å²) in [6, 6.07) is 0. The lowest BCUT2D eigenvalue weighted by atomic mass is 9.48. The Morgan fingerprint density at radius 1 is 1.07 bits per heavy atom. The molecular formula is C27H44O2. The Morgan fingerprint density at radius 3 is 2.55 bits per heavy atom. The van der Waals surface area contributed by atoms with Crippen molar-refractivity contribution in [2.75, 3.05) is 0 Å². The van der Waals surface area contributed by atoms with Crippen LogP contribution in [0.1, 0.15) is 105 Å². The van der Waals surface area contributed by atoms with Crippen LogP contribution in [-0.4, -0.2) is 17.0 Å². The summed E-state index contributed by atoms with van der Waals surface area (Å²) in [6.07, 6.45) is 12.4. The van der Waals surface area contributed by atoms with Crippen molar-refractivity contribution in [2.45, 2.75) is 111 Å². The van der Waals surface area contributed by atoms with Crippen molar-refractivity contribution >= 4 is 5.78 Å². The zero-order valence-electron chi connectivity index (χ0n) is 19.6. The lowest BCUT2D eigenvalue weighted by Crippen LogP contribution is -2.48. The highest BCUT2D eigenvalue weighted by Crippen LogP contribution is 2.65. The molecule has 0 radical (unpaired) electrons. The highest BCUT2D eigenvalue weighted by molar-refractivity contribution is 6.00. The summed E-state index contributed by atoms with van der Waals surface area (Å²) >= 11 is 0. The monoisotopic (exact) mass is 400 g/mol. The van der Waals surface area contributed by atoms with Crippen LogP contribution in [-0.2, 0) is 4.79 Å². The summed E-state index contributed by atoms with van der Waals surface area (Å²) in [6.45, 7) is 12.0. The number of allylic oxidation sites excluding steroid dienone is 2. The number of carbonyl (C=O) groups excluding carboxylic acids is 1. The molecule has 1 N–H and O–H groups in total. The van der Waals surface area contributed by atoms with Crippen LogP contribution in [0.5, 0.6) is 0 Å². The third-order valence-corrected chi connectivity index (χ3v) is 9.96. The average molecular weight is 401 g/mol. The van der Waals surface area contributed by atoms with E-state index in [9.17, 15) is 9.90 Å². The number of ketones is 1. The first-order chi connectivity index (χ1) is 13.7. The quantitative estimate of drug-likeness (QED) is 0.556. The van der Waals surface area contributed by atoms with Crippen LogP contribution >= 0.6 is 0 Å². The molecule has 3 fully saturated rings. The SMILES string of the molecule is CC(C)CCC[C@@H](C)[C@H]1CC(=O)C2=C3CC[C@@H]4C[C@@H](O)CC[C@]4(C)[C@H]3CC[C@@]21C. The third kappa shape index (κ3) is 3.56. The number of aliphatic hydroxyl groups is 1. The second kappa shape index (κ2) is 7.81. The Morgan fingerprint density at radius 2 is 1.83 bits per heavy atom. The molecule has 0 aromatic carbocycles. The molecule has 2 heteroatoms. The molecule has 0 bridgehead atoms. The highest BCUT2D eigenvalue weighted by atomic mass is 16.3. The predicted molar refractivity (Wildman–Crippen MR) is 120 cm³/mol. The largest absolute Gasteiger partial charge is 0.393 e. The number of hydrogen-bond donors (Lipinski definition) is 1. The van der Waals surface area contributed by atoms with Crippen LogP contribution in [0.15, 0.2) is 11.1 Å². The molecule has 0 unspecified atom stereocenters. The number of Topliss-reactive ketones (excluding diaryl/α,β-unsaturated/α-hetero) is 1. The van der Waals surface area contributed by atoms with Crippen LogP contribution in [0.3, 0.4) is 0 Å². The summed E-state index contributed by atoms with van der Waals surface area (Å²) in [7, 11) is 0. The van der Waals surface area contributed by atoms with Crippen molar-refractivity contribution < 1.29 is 9.90 Å². The standard InChI is InChI=1S/C27H44O2/c1-17(2)7-6-8-18(3)23-16-24(29)25-21-10-9-19-15-20(28)11-13-26(19,4)22(21)12-14-27(23,25)5/h17-20,22-23,28H,6-16H2,1-5H3/t18-,19-,20+,22+,23-,26+,27-/m1/s1. The van der Waals surface area contributed by atoms with E-state index in [2.05, 4.69) is 34.6 Å². The Kier molecular flexibility index (Phi) is 5.82. The minimum atomic E-state index is -0.0969. The number of fused-ring (bicyclic) bond motifs is 4. The summed E-state index contributed by atoms with van der Waals surface area (Å²) < 4.78 is 0. The van der Waals surface area contributed by atoms with Gasteiger partial charge in [0.25, 0.3) is 0 Å². The Bertz CT molecular complexity index is 676. The van der Waals surface area contributed by atoms with Gasteiger partial charge in [0.15, 0.2) is 5.78 Å². The Labute approximate surface area is 178 Å². The van der Waals surface area contributed by atoms with Gasteiger partial charge in [-0.3, -0.25) is 4.79 Å². The molecular weight excluding hydrogens is 356 g/mol.